The van der Waals surface area contributed by atoms with E-state index < -0.39 is 10.0 Å². The van der Waals surface area contributed by atoms with Crippen LogP contribution in [0.3, 0.4) is 0 Å². The number of sulfonamides is 1. The van der Waals surface area contributed by atoms with Crippen LogP contribution < -0.4 is 10.5 Å². The quantitative estimate of drug-likeness (QED) is 0.726. The molecule has 0 saturated heterocycles. The SMILES string of the molecule is COCCCNS(=O)(=O)c1ccc(C(C)N)cc1. The predicted molar refractivity (Wildman–Crippen MR) is 70.7 cm³/mol. The second-order valence-corrected chi connectivity index (χ2v) is 5.87. The maximum absolute atomic E-state index is 11.9. The molecule has 0 radical (unpaired) electrons. The summed E-state index contributed by atoms with van der Waals surface area (Å²) < 4.78 is 31.2. The summed E-state index contributed by atoms with van der Waals surface area (Å²) in [6.45, 7) is 2.75. The van der Waals surface area contributed by atoms with E-state index in [0.29, 0.717) is 19.6 Å². The fraction of sp³-hybridized carbons (Fsp3) is 0.500. The van der Waals surface area contributed by atoms with Gasteiger partial charge in [0.15, 0.2) is 0 Å². The first-order valence-electron chi connectivity index (χ1n) is 5.81. The Labute approximate surface area is 108 Å². The zero-order chi connectivity index (χ0) is 13.6. The summed E-state index contributed by atoms with van der Waals surface area (Å²) in [5, 5.41) is 0. The molecule has 0 aliphatic heterocycles. The van der Waals surface area contributed by atoms with Gasteiger partial charge in [-0.1, -0.05) is 12.1 Å². The number of hydrogen-bond acceptors (Lipinski definition) is 4. The number of methoxy groups -OCH3 is 1. The smallest absolute Gasteiger partial charge is 0.240 e. The summed E-state index contributed by atoms with van der Waals surface area (Å²) in [5.74, 6) is 0. The van der Waals surface area contributed by atoms with Crippen molar-refractivity contribution in [3.8, 4) is 0 Å². The van der Waals surface area contributed by atoms with Gasteiger partial charge >= 0.3 is 0 Å². The summed E-state index contributed by atoms with van der Waals surface area (Å²) in [7, 11) is -1.85. The van der Waals surface area contributed by atoms with Gasteiger partial charge < -0.3 is 10.5 Å². The summed E-state index contributed by atoms with van der Waals surface area (Å²) >= 11 is 0. The van der Waals surface area contributed by atoms with E-state index in [-0.39, 0.29) is 10.9 Å². The molecule has 0 aliphatic carbocycles. The van der Waals surface area contributed by atoms with Crippen molar-refractivity contribution in [3.05, 3.63) is 29.8 Å². The van der Waals surface area contributed by atoms with Crippen molar-refractivity contribution in [1.29, 1.82) is 0 Å². The van der Waals surface area contributed by atoms with Crippen LogP contribution in [0.2, 0.25) is 0 Å². The van der Waals surface area contributed by atoms with E-state index in [1.165, 1.54) is 0 Å². The standard InChI is InChI=1S/C12H20N2O3S/c1-10(13)11-4-6-12(7-5-11)18(15,16)14-8-3-9-17-2/h4-7,10,14H,3,8-9,13H2,1-2H3. The average Bonchev–Trinajstić information content (AvgIpc) is 2.35. The lowest BCUT2D eigenvalue weighted by Gasteiger charge is -2.09. The Bertz CT molecular complexity index is 455. The van der Waals surface area contributed by atoms with Crippen molar-refractivity contribution in [3.63, 3.8) is 0 Å². The van der Waals surface area contributed by atoms with Crippen molar-refractivity contribution in [1.82, 2.24) is 4.72 Å². The van der Waals surface area contributed by atoms with E-state index in [0.717, 1.165) is 5.56 Å². The first kappa shape index (κ1) is 15.1. The monoisotopic (exact) mass is 272 g/mol. The zero-order valence-electron chi connectivity index (χ0n) is 10.7. The van der Waals surface area contributed by atoms with Gasteiger partial charge in [-0.25, -0.2) is 13.1 Å². The lowest BCUT2D eigenvalue weighted by molar-refractivity contribution is 0.196. The van der Waals surface area contributed by atoms with Gasteiger partial charge in [0.05, 0.1) is 4.90 Å². The highest BCUT2D eigenvalue weighted by atomic mass is 32.2. The molecule has 0 fully saturated rings. The third-order valence-corrected chi connectivity index (χ3v) is 4.01. The molecule has 1 unspecified atom stereocenters. The maximum atomic E-state index is 11.9. The van der Waals surface area contributed by atoms with E-state index in [2.05, 4.69) is 4.72 Å². The molecule has 0 spiro atoms. The Hall–Kier alpha value is -0.950. The number of nitrogens with two attached hydrogens (primary N) is 1. The van der Waals surface area contributed by atoms with Crippen LogP contribution in [0.25, 0.3) is 0 Å². The Balaban J connectivity index is 2.67. The summed E-state index contributed by atoms with van der Waals surface area (Å²) in [6, 6.07) is 6.49. The minimum absolute atomic E-state index is 0.101. The van der Waals surface area contributed by atoms with Crippen molar-refractivity contribution in [2.24, 2.45) is 5.73 Å². The molecule has 1 rings (SSSR count). The first-order chi connectivity index (χ1) is 8.47. The van der Waals surface area contributed by atoms with Crippen LogP contribution in [-0.4, -0.2) is 28.7 Å². The second kappa shape index (κ2) is 6.84. The van der Waals surface area contributed by atoms with Gasteiger partial charge in [-0.2, -0.15) is 0 Å². The molecule has 0 aliphatic rings. The lowest BCUT2D eigenvalue weighted by atomic mass is 10.1. The highest BCUT2D eigenvalue weighted by molar-refractivity contribution is 7.89. The van der Waals surface area contributed by atoms with Gasteiger partial charge in [-0.15, -0.1) is 0 Å². The van der Waals surface area contributed by atoms with Crippen molar-refractivity contribution in [2.45, 2.75) is 24.3 Å². The van der Waals surface area contributed by atoms with Gasteiger partial charge in [-0.3, -0.25) is 0 Å². The second-order valence-electron chi connectivity index (χ2n) is 4.10. The summed E-state index contributed by atoms with van der Waals surface area (Å²) in [5.41, 5.74) is 6.62. The molecule has 0 amide bonds. The van der Waals surface area contributed by atoms with Crippen LogP contribution in [-0.2, 0) is 14.8 Å². The molecule has 0 aromatic heterocycles. The Morgan fingerprint density at radius 1 is 1.33 bits per heavy atom. The average molecular weight is 272 g/mol. The highest BCUT2D eigenvalue weighted by Crippen LogP contribution is 2.14. The Morgan fingerprint density at radius 3 is 2.44 bits per heavy atom. The molecule has 0 bridgehead atoms. The van der Waals surface area contributed by atoms with Crippen LogP contribution in [0.15, 0.2) is 29.2 Å². The van der Waals surface area contributed by atoms with Crippen LogP contribution in [0.1, 0.15) is 24.9 Å². The van der Waals surface area contributed by atoms with Crippen molar-refractivity contribution in [2.75, 3.05) is 20.3 Å². The van der Waals surface area contributed by atoms with E-state index >= 15 is 0 Å². The van der Waals surface area contributed by atoms with Crippen molar-refractivity contribution < 1.29 is 13.2 Å². The van der Waals surface area contributed by atoms with E-state index in [1.54, 1.807) is 31.4 Å². The first-order valence-corrected chi connectivity index (χ1v) is 7.30. The Kier molecular flexibility index (Phi) is 5.74. The van der Waals surface area contributed by atoms with Gasteiger partial charge in [0.25, 0.3) is 0 Å². The summed E-state index contributed by atoms with van der Waals surface area (Å²) in [6.07, 6.45) is 0.646. The fourth-order valence-electron chi connectivity index (χ4n) is 1.46. The fourth-order valence-corrected chi connectivity index (χ4v) is 2.53. The van der Waals surface area contributed by atoms with E-state index in [4.69, 9.17) is 10.5 Å². The molecule has 3 N–H and O–H groups in total. The molecular weight excluding hydrogens is 252 g/mol. The molecule has 1 aromatic rings. The number of rotatable bonds is 7. The normalized spacial score (nSPS) is 13.5. The predicted octanol–water partition coefficient (Wildman–Crippen LogP) is 1.02. The molecule has 5 nitrogen and oxygen atoms in total. The number of nitrogens with one attached hydrogen (secondary N) is 1. The zero-order valence-corrected chi connectivity index (χ0v) is 11.5. The van der Waals surface area contributed by atoms with Gasteiger partial charge in [0.2, 0.25) is 10.0 Å². The molecule has 0 heterocycles. The van der Waals surface area contributed by atoms with Crippen LogP contribution in [0, 0.1) is 0 Å². The molecule has 1 atom stereocenters. The van der Waals surface area contributed by atoms with Crippen molar-refractivity contribution >= 4 is 10.0 Å². The van der Waals surface area contributed by atoms with Crippen LogP contribution in [0.5, 0.6) is 0 Å². The minimum Gasteiger partial charge on any atom is -0.385 e. The maximum Gasteiger partial charge on any atom is 0.240 e. The lowest BCUT2D eigenvalue weighted by Crippen LogP contribution is -2.25. The largest absolute Gasteiger partial charge is 0.385 e. The number of ether oxygens (including phenoxy) is 1. The topological polar surface area (TPSA) is 81.4 Å². The molecule has 1 aromatic carbocycles. The number of hydrogen-bond donors (Lipinski definition) is 2. The Morgan fingerprint density at radius 2 is 1.94 bits per heavy atom. The minimum atomic E-state index is -3.43. The van der Waals surface area contributed by atoms with Gasteiger partial charge in [0.1, 0.15) is 0 Å². The molecule has 6 heteroatoms. The molecular formula is C12H20N2O3S. The molecule has 18 heavy (non-hydrogen) atoms. The third-order valence-electron chi connectivity index (χ3n) is 2.53. The van der Waals surface area contributed by atoms with E-state index in [9.17, 15) is 8.42 Å². The van der Waals surface area contributed by atoms with Gasteiger partial charge in [0, 0.05) is 26.3 Å². The summed E-state index contributed by atoms with van der Waals surface area (Å²) in [4.78, 5) is 0.254. The number of benzene rings is 1. The van der Waals surface area contributed by atoms with Crippen LogP contribution >= 0.6 is 0 Å². The highest BCUT2D eigenvalue weighted by Gasteiger charge is 2.13. The van der Waals surface area contributed by atoms with E-state index in [1.807, 2.05) is 6.92 Å². The molecule has 0 saturated carbocycles. The molecule has 102 valence electrons. The third kappa shape index (κ3) is 4.38. The van der Waals surface area contributed by atoms with Gasteiger partial charge in [-0.05, 0) is 31.0 Å². The van der Waals surface area contributed by atoms with Crippen LogP contribution in [0.4, 0.5) is 0 Å².